The molecule has 8 nitrogen and oxygen atoms in total. The molecule has 3 aromatic rings. The van der Waals surface area contributed by atoms with Gasteiger partial charge in [0, 0.05) is 10.4 Å². The summed E-state index contributed by atoms with van der Waals surface area (Å²) in [5.74, 6) is -0.970. The number of carbonyl (C=O) groups is 1. The van der Waals surface area contributed by atoms with E-state index in [0.29, 0.717) is 12.8 Å². The van der Waals surface area contributed by atoms with Crippen molar-refractivity contribution in [2.24, 2.45) is 0 Å². The third-order valence-corrected chi connectivity index (χ3v) is 8.65. The number of rotatable bonds is 7. The van der Waals surface area contributed by atoms with Gasteiger partial charge in [-0.2, -0.15) is 0 Å². The number of anilines is 1. The maximum Gasteiger partial charge on any atom is 0.358 e. The summed E-state index contributed by atoms with van der Waals surface area (Å²) < 4.78 is 60.8. The molecule has 4 rings (SSSR count). The highest BCUT2D eigenvalue weighted by Gasteiger charge is 2.39. The predicted molar refractivity (Wildman–Crippen MR) is 117 cm³/mol. The van der Waals surface area contributed by atoms with Crippen molar-refractivity contribution in [3.05, 3.63) is 59.2 Å². The number of sulfonamides is 1. The van der Waals surface area contributed by atoms with E-state index in [9.17, 15) is 21.6 Å². The summed E-state index contributed by atoms with van der Waals surface area (Å²) in [4.78, 5) is 12.8. The van der Waals surface area contributed by atoms with Gasteiger partial charge in [0.1, 0.15) is 0 Å². The van der Waals surface area contributed by atoms with Crippen LogP contribution in [0.25, 0.3) is 10.9 Å². The van der Waals surface area contributed by atoms with Crippen molar-refractivity contribution in [3.63, 3.8) is 0 Å². The fraction of sp³-hybridized carbons (Fsp3) is 0.250. The van der Waals surface area contributed by atoms with E-state index in [-0.39, 0.29) is 33.1 Å². The van der Waals surface area contributed by atoms with Gasteiger partial charge in [-0.25, -0.2) is 25.6 Å². The monoisotopic (exact) mass is 482 g/mol. The SMILES string of the molecule is CCOC(=O)c1c(NS(=O)(=O)C2CC2)c2cc(Cl)ccc2n1S(=O)(=O)c1ccccc1. The summed E-state index contributed by atoms with van der Waals surface area (Å²) in [6.45, 7) is 1.54. The van der Waals surface area contributed by atoms with E-state index in [1.54, 1.807) is 25.1 Å². The molecular weight excluding hydrogens is 464 g/mol. The largest absolute Gasteiger partial charge is 0.461 e. The third-order valence-electron chi connectivity index (χ3n) is 4.84. The molecule has 1 aromatic heterocycles. The third kappa shape index (κ3) is 3.90. The van der Waals surface area contributed by atoms with E-state index >= 15 is 0 Å². The average Bonchev–Trinajstić information content (AvgIpc) is 3.54. The van der Waals surface area contributed by atoms with Crippen molar-refractivity contribution in [1.29, 1.82) is 0 Å². The Morgan fingerprint density at radius 3 is 2.42 bits per heavy atom. The van der Waals surface area contributed by atoms with E-state index in [1.807, 2.05) is 0 Å². The minimum absolute atomic E-state index is 0.0265. The number of nitrogens with one attached hydrogen (secondary N) is 1. The number of hydrogen-bond acceptors (Lipinski definition) is 6. The number of hydrogen-bond donors (Lipinski definition) is 1. The van der Waals surface area contributed by atoms with Crippen LogP contribution in [0.1, 0.15) is 30.3 Å². The number of carbonyl (C=O) groups excluding carboxylic acids is 1. The van der Waals surface area contributed by atoms with Crippen LogP contribution in [0.3, 0.4) is 0 Å². The Labute approximate surface area is 184 Å². The summed E-state index contributed by atoms with van der Waals surface area (Å²) >= 11 is 6.12. The van der Waals surface area contributed by atoms with Crippen LogP contribution in [0, 0.1) is 0 Å². The first-order valence-electron chi connectivity index (χ1n) is 9.50. The van der Waals surface area contributed by atoms with E-state index in [1.165, 1.54) is 30.3 Å². The molecule has 11 heteroatoms. The van der Waals surface area contributed by atoms with Gasteiger partial charge in [-0.1, -0.05) is 29.8 Å². The van der Waals surface area contributed by atoms with E-state index < -0.39 is 37.0 Å². The normalized spacial score (nSPS) is 14.5. The molecule has 1 saturated carbocycles. The molecule has 0 saturated heterocycles. The summed E-state index contributed by atoms with van der Waals surface area (Å²) in [5.41, 5.74) is -0.487. The Morgan fingerprint density at radius 1 is 1.13 bits per heavy atom. The lowest BCUT2D eigenvalue weighted by molar-refractivity contribution is 0.0520. The van der Waals surface area contributed by atoms with Crippen molar-refractivity contribution in [1.82, 2.24) is 3.97 Å². The average molecular weight is 483 g/mol. The van der Waals surface area contributed by atoms with E-state index in [2.05, 4.69) is 4.72 Å². The second kappa shape index (κ2) is 7.85. The molecule has 0 spiro atoms. The predicted octanol–water partition coefficient (Wildman–Crippen LogP) is 3.61. The maximum atomic E-state index is 13.5. The minimum atomic E-state index is -4.27. The van der Waals surface area contributed by atoms with Crippen molar-refractivity contribution < 1.29 is 26.4 Å². The first-order chi connectivity index (χ1) is 14.7. The van der Waals surface area contributed by atoms with Crippen molar-refractivity contribution >= 4 is 54.2 Å². The van der Waals surface area contributed by atoms with Gasteiger partial charge in [0.2, 0.25) is 10.0 Å². The Kier molecular flexibility index (Phi) is 5.48. The number of halogens is 1. The maximum absolute atomic E-state index is 13.5. The summed E-state index contributed by atoms with van der Waals surface area (Å²) in [5, 5.41) is -0.158. The first kappa shape index (κ1) is 21.7. The smallest absolute Gasteiger partial charge is 0.358 e. The number of esters is 1. The van der Waals surface area contributed by atoms with Gasteiger partial charge in [-0.05, 0) is 50.1 Å². The molecule has 2 aromatic carbocycles. The van der Waals surface area contributed by atoms with Crippen LogP contribution in [0.5, 0.6) is 0 Å². The van der Waals surface area contributed by atoms with Crippen LogP contribution in [0.2, 0.25) is 5.02 Å². The highest BCUT2D eigenvalue weighted by Crippen LogP contribution is 2.39. The number of fused-ring (bicyclic) bond motifs is 1. The van der Waals surface area contributed by atoms with Crippen LogP contribution in [0.4, 0.5) is 5.69 Å². The number of nitrogens with zero attached hydrogens (tertiary/aromatic N) is 1. The zero-order valence-corrected chi connectivity index (χ0v) is 18.8. The summed E-state index contributed by atoms with van der Waals surface area (Å²) in [6, 6.07) is 11.9. The zero-order valence-electron chi connectivity index (χ0n) is 16.4. The standard InChI is InChI=1S/C20H19ClN2O6S2/c1-2-29-20(24)19-18(22-30(25,26)14-9-10-14)16-12-13(21)8-11-17(16)23(19)31(27,28)15-6-4-3-5-7-15/h3-8,11-12,14,22H,2,9-10H2,1H3. The molecular formula is C20H19ClN2O6S2. The highest BCUT2D eigenvalue weighted by atomic mass is 35.5. The molecule has 0 radical (unpaired) electrons. The van der Waals surface area contributed by atoms with Gasteiger partial charge in [-0.3, -0.25) is 4.72 Å². The Hall–Kier alpha value is -2.56. The molecule has 1 heterocycles. The molecule has 164 valence electrons. The molecule has 0 unspecified atom stereocenters. The quantitative estimate of drug-likeness (QED) is 0.515. The Morgan fingerprint density at radius 2 is 1.81 bits per heavy atom. The molecule has 1 aliphatic carbocycles. The highest BCUT2D eigenvalue weighted by molar-refractivity contribution is 7.93. The lowest BCUT2D eigenvalue weighted by Crippen LogP contribution is -2.23. The lowest BCUT2D eigenvalue weighted by atomic mass is 10.2. The lowest BCUT2D eigenvalue weighted by Gasteiger charge is -2.13. The number of aromatic nitrogens is 1. The van der Waals surface area contributed by atoms with Gasteiger partial charge >= 0.3 is 5.97 Å². The van der Waals surface area contributed by atoms with Gasteiger partial charge in [0.05, 0.1) is 28.0 Å². The molecule has 1 N–H and O–H groups in total. The molecule has 1 aliphatic rings. The van der Waals surface area contributed by atoms with Crippen LogP contribution in [0.15, 0.2) is 53.4 Å². The Balaban J connectivity index is 2.07. The summed E-state index contributed by atoms with van der Waals surface area (Å²) in [7, 11) is -8.10. The minimum Gasteiger partial charge on any atom is -0.461 e. The van der Waals surface area contributed by atoms with Crippen molar-refractivity contribution in [2.75, 3.05) is 11.3 Å². The summed E-state index contributed by atoms with van der Waals surface area (Å²) in [6.07, 6.45) is 0.984. The van der Waals surface area contributed by atoms with Crippen LogP contribution >= 0.6 is 11.6 Å². The van der Waals surface area contributed by atoms with Gasteiger partial charge in [0.25, 0.3) is 10.0 Å². The molecule has 0 aliphatic heterocycles. The molecule has 0 atom stereocenters. The Bertz CT molecular complexity index is 1380. The van der Waals surface area contributed by atoms with Crippen molar-refractivity contribution in [3.8, 4) is 0 Å². The first-order valence-corrected chi connectivity index (χ1v) is 12.9. The fourth-order valence-corrected chi connectivity index (χ4v) is 6.40. The molecule has 1 fully saturated rings. The molecule has 0 bridgehead atoms. The molecule has 0 amide bonds. The van der Waals surface area contributed by atoms with Crippen LogP contribution in [-0.2, 0) is 24.8 Å². The van der Waals surface area contributed by atoms with Crippen LogP contribution in [-0.4, -0.2) is 38.6 Å². The van der Waals surface area contributed by atoms with Crippen molar-refractivity contribution in [2.45, 2.75) is 29.9 Å². The number of ether oxygens (including phenoxy) is 1. The second-order valence-electron chi connectivity index (χ2n) is 7.03. The topological polar surface area (TPSA) is 112 Å². The zero-order chi connectivity index (χ0) is 22.4. The second-order valence-corrected chi connectivity index (χ2v) is 11.2. The van der Waals surface area contributed by atoms with E-state index in [0.717, 1.165) is 3.97 Å². The van der Waals surface area contributed by atoms with Crippen LogP contribution < -0.4 is 4.72 Å². The van der Waals surface area contributed by atoms with Gasteiger partial charge < -0.3 is 4.74 Å². The van der Waals surface area contributed by atoms with Gasteiger partial charge in [-0.15, -0.1) is 0 Å². The van der Waals surface area contributed by atoms with E-state index in [4.69, 9.17) is 16.3 Å². The number of benzene rings is 2. The van der Waals surface area contributed by atoms with Gasteiger partial charge in [0.15, 0.2) is 5.69 Å². The molecule has 31 heavy (non-hydrogen) atoms. The fourth-order valence-electron chi connectivity index (χ4n) is 3.27.